The normalized spacial score (nSPS) is 13.8. The number of hydrogen-bond donors (Lipinski definition) is 2. The molecule has 192 valence electrons. The van der Waals surface area contributed by atoms with Crippen molar-refractivity contribution in [2.24, 2.45) is 15.7 Å². The van der Waals surface area contributed by atoms with E-state index in [2.05, 4.69) is 17.1 Å². The van der Waals surface area contributed by atoms with Crippen molar-refractivity contribution in [3.05, 3.63) is 71.9 Å². The number of carbonyl (C=O) groups is 1. The van der Waals surface area contributed by atoms with Crippen molar-refractivity contribution in [1.29, 1.82) is 0 Å². The van der Waals surface area contributed by atoms with Gasteiger partial charge in [-0.15, -0.1) is 0 Å². The van der Waals surface area contributed by atoms with Crippen LogP contribution < -0.4 is 10.5 Å². The van der Waals surface area contributed by atoms with E-state index in [0.717, 1.165) is 34.1 Å². The number of primary amides is 1. The molecule has 1 aliphatic carbocycles. The second-order valence-electron chi connectivity index (χ2n) is 8.43. The van der Waals surface area contributed by atoms with Gasteiger partial charge in [0.1, 0.15) is 0 Å². The molecule has 36 heavy (non-hydrogen) atoms. The fraction of sp³-hybridized carbons (Fsp3) is 0.345. The number of rotatable bonds is 10. The number of nitrogens with zero attached hydrogens (tertiary/aromatic N) is 2. The molecule has 0 unspecified atom stereocenters. The molecule has 0 atom stereocenters. The number of phenolic OH excluding ortho intramolecular Hbond substituents is 1. The molecule has 0 spiro atoms. The zero-order valence-electron chi connectivity index (χ0n) is 21.7. The number of phenols is 1. The van der Waals surface area contributed by atoms with Gasteiger partial charge in [-0.25, -0.2) is 4.99 Å². The van der Waals surface area contributed by atoms with E-state index in [9.17, 15) is 9.90 Å². The summed E-state index contributed by atoms with van der Waals surface area (Å²) in [5, 5.41) is 11.1. The first kappa shape index (κ1) is 28.9. The number of amides is 1. The van der Waals surface area contributed by atoms with Crippen LogP contribution in [-0.4, -0.2) is 28.9 Å². The maximum atomic E-state index is 10.9. The summed E-state index contributed by atoms with van der Waals surface area (Å²) in [7, 11) is 1.52. The van der Waals surface area contributed by atoms with Gasteiger partial charge >= 0.3 is 0 Å². The summed E-state index contributed by atoms with van der Waals surface area (Å²) < 4.78 is 5.15. The molecule has 0 saturated heterocycles. The van der Waals surface area contributed by atoms with Crippen molar-refractivity contribution in [2.45, 2.75) is 64.2 Å². The van der Waals surface area contributed by atoms with Gasteiger partial charge in [-0.3, -0.25) is 9.79 Å². The van der Waals surface area contributed by atoms with Crippen molar-refractivity contribution < 1.29 is 14.6 Å². The molecule has 3 N–H and O–H groups in total. The number of thioether (sulfide) groups is 1. The second-order valence-corrected chi connectivity index (χ2v) is 9.69. The summed E-state index contributed by atoms with van der Waals surface area (Å²) in [6, 6.07) is 13.4. The summed E-state index contributed by atoms with van der Waals surface area (Å²) in [5.41, 5.74) is 8.61. The Kier molecular flexibility index (Phi) is 12.6. The van der Waals surface area contributed by atoms with E-state index in [1.165, 1.54) is 31.9 Å². The third kappa shape index (κ3) is 11.4. The number of carbonyl (C=O) groups excluding carboxylic acids is 1. The fourth-order valence-corrected chi connectivity index (χ4v) is 3.77. The van der Waals surface area contributed by atoms with Crippen molar-refractivity contribution >= 4 is 34.1 Å². The van der Waals surface area contributed by atoms with E-state index >= 15 is 0 Å². The fourth-order valence-electron chi connectivity index (χ4n) is 3.01. The summed E-state index contributed by atoms with van der Waals surface area (Å²) in [6.07, 6.45) is 11.9. The maximum absolute atomic E-state index is 10.9. The number of aryl methyl sites for hydroxylation is 1. The Balaban J connectivity index is 0.00000141. The smallest absolute Gasteiger partial charge is 0.217 e. The highest BCUT2D eigenvalue weighted by Crippen LogP contribution is 2.31. The lowest BCUT2D eigenvalue weighted by Crippen LogP contribution is -2.10. The average Bonchev–Trinajstić information content (AvgIpc) is 3.73. The summed E-state index contributed by atoms with van der Waals surface area (Å²) in [5.74, 6) is 0.189. The van der Waals surface area contributed by atoms with Crippen LogP contribution in [0.1, 0.15) is 64.0 Å². The number of hydrogen-bond acceptors (Lipinski definition) is 6. The zero-order valence-corrected chi connectivity index (χ0v) is 22.5. The molecule has 0 bridgehead atoms. The van der Waals surface area contributed by atoms with E-state index in [1.54, 1.807) is 30.1 Å². The number of nitrogens with two attached hydrogens (primary N) is 1. The first-order valence-corrected chi connectivity index (χ1v) is 13.0. The second kappa shape index (κ2) is 15.6. The number of benzene rings is 2. The average molecular weight is 508 g/mol. The molecule has 1 saturated carbocycles. The lowest BCUT2D eigenvalue weighted by molar-refractivity contribution is -0.118. The molecule has 3 rings (SSSR count). The van der Waals surface area contributed by atoms with Crippen LogP contribution in [-0.2, 0) is 11.2 Å². The third-order valence-corrected chi connectivity index (χ3v) is 5.85. The highest BCUT2D eigenvalue weighted by molar-refractivity contribution is 8.13. The van der Waals surface area contributed by atoms with Crippen molar-refractivity contribution in [3.63, 3.8) is 0 Å². The minimum Gasteiger partial charge on any atom is -0.504 e. The molecule has 0 heterocycles. The maximum Gasteiger partial charge on any atom is 0.217 e. The van der Waals surface area contributed by atoms with Gasteiger partial charge in [-0.05, 0) is 75.6 Å². The predicted molar refractivity (Wildman–Crippen MR) is 152 cm³/mol. The predicted octanol–water partition coefficient (Wildman–Crippen LogP) is 6.93. The number of aliphatic imine (C=N–C) groups is 2. The lowest BCUT2D eigenvalue weighted by atomic mass is 10.1. The first-order valence-electron chi connectivity index (χ1n) is 12.2. The van der Waals surface area contributed by atoms with E-state index in [4.69, 9.17) is 15.5 Å². The highest BCUT2D eigenvalue weighted by Gasteiger charge is 2.08. The monoisotopic (exact) mass is 507 g/mol. The summed E-state index contributed by atoms with van der Waals surface area (Å²) >= 11 is 1.55. The lowest BCUT2D eigenvalue weighted by Gasteiger charge is -2.09. The number of methoxy groups -OCH3 is 1. The summed E-state index contributed by atoms with van der Waals surface area (Å²) in [4.78, 5) is 21.1. The van der Waals surface area contributed by atoms with E-state index in [0.29, 0.717) is 17.9 Å². The van der Waals surface area contributed by atoms with Crippen LogP contribution in [0.5, 0.6) is 11.5 Å². The Morgan fingerprint density at radius 3 is 2.39 bits per heavy atom. The molecule has 2 aromatic rings. The molecule has 6 nitrogen and oxygen atoms in total. The van der Waals surface area contributed by atoms with Crippen LogP contribution in [0.4, 0.5) is 0 Å². The van der Waals surface area contributed by atoms with E-state index in [-0.39, 0.29) is 11.7 Å². The molecule has 2 aromatic carbocycles. The quantitative estimate of drug-likeness (QED) is 0.207. The van der Waals surface area contributed by atoms with Crippen molar-refractivity contribution in [3.8, 4) is 11.5 Å². The Morgan fingerprint density at radius 2 is 1.83 bits per heavy atom. The van der Waals surface area contributed by atoms with Crippen LogP contribution in [0.2, 0.25) is 0 Å². The molecule has 1 fully saturated rings. The Hall–Kier alpha value is -3.32. The van der Waals surface area contributed by atoms with E-state index < -0.39 is 0 Å². The number of ether oxygens (including phenoxy) is 1. The van der Waals surface area contributed by atoms with Crippen LogP contribution in [0, 0.1) is 0 Å². The molecular weight excluding hydrogens is 470 g/mol. The molecule has 0 radical (unpaired) electrons. The first-order chi connectivity index (χ1) is 17.3. The molecule has 7 heteroatoms. The largest absolute Gasteiger partial charge is 0.504 e. The third-order valence-electron chi connectivity index (χ3n) is 4.96. The molecular formula is C29H37N3O3S. The topological polar surface area (TPSA) is 97.3 Å². The number of allylic oxidation sites excluding steroid dienone is 2. The Bertz CT molecular complexity index is 1110. The molecule has 1 amide bonds. The van der Waals surface area contributed by atoms with Crippen LogP contribution >= 0.6 is 11.8 Å². The van der Waals surface area contributed by atoms with Crippen LogP contribution in [0.3, 0.4) is 0 Å². The Labute approximate surface area is 219 Å². The summed E-state index contributed by atoms with van der Waals surface area (Å²) in [6.45, 7) is 5.75. The van der Waals surface area contributed by atoms with Gasteiger partial charge in [0.25, 0.3) is 0 Å². The van der Waals surface area contributed by atoms with E-state index in [1.807, 2.05) is 51.1 Å². The number of aromatic hydroxyl groups is 1. The van der Waals surface area contributed by atoms with Gasteiger partial charge in [0.05, 0.1) is 17.9 Å². The minimum absolute atomic E-state index is 0.0522. The van der Waals surface area contributed by atoms with Gasteiger partial charge < -0.3 is 15.6 Å². The Morgan fingerprint density at radius 1 is 1.14 bits per heavy atom. The SMILES string of the molecule is C1CC1.C\C=C/N=C(C)\C=C(/N=C(C)Sc1ccc(CCCC(N)=O)cc1)c1ccc(OC)c(O)c1. The molecule has 0 aromatic heterocycles. The standard InChI is InChI=1S/C26H31N3O3S.C3H6/c1-5-15-28-18(2)16-23(21-11-14-25(32-4)24(30)17-21)29-19(3)33-22-12-9-20(10-13-22)7-6-8-26(27)31;1-2-3-1/h5,9-17,30H,6-8H2,1-4H3,(H2,27,31);1-3H2/b15-5-,23-16-,28-18-,29-19?;. The van der Waals surface area contributed by atoms with Gasteiger partial charge in [-0.2, -0.15) is 0 Å². The van der Waals surface area contributed by atoms with Gasteiger partial charge in [-0.1, -0.05) is 49.2 Å². The van der Waals surface area contributed by atoms with Crippen molar-refractivity contribution in [2.75, 3.05) is 7.11 Å². The highest BCUT2D eigenvalue weighted by atomic mass is 32.2. The van der Waals surface area contributed by atoms with Crippen molar-refractivity contribution in [1.82, 2.24) is 0 Å². The zero-order chi connectivity index (χ0) is 26.3. The van der Waals surface area contributed by atoms with Gasteiger partial charge in [0.2, 0.25) is 5.91 Å². The van der Waals surface area contributed by atoms with Crippen LogP contribution in [0.15, 0.2) is 75.7 Å². The van der Waals surface area contributed by atoms with Crippen LogP contribution in [0.25, 0.3) is 5.70 Å². The molecule has 1 aliphatic rings. The minimum atomic E-state index is -0.269. The van der Waals surface area contributed by atoms with Gasteiger partial charge in [0.15, 0.2) is 11.5 Å². The molecule has 0 aliphatic heterocycles. The van der Waals surface area contributed by atoms with Gasteiger partial charge in [0, 0.05) is 28.8 Å².